The molecule has 106 valence electrons. The second kappa shape index (κ2) is 6.55. The molecular formula is C13H17N5O2. The van der Waals surface area contributed by atoms with Crippen molar-refractivity contribution in [2.24, 2.45) is 12.8 Å². The van der Waals surface area contributed by atoms with Crippen LogP contribution in [0.2, 0.25) is 0 Å². The highest BCUT2D eigenvalue weighted by atomic mass is 16.5. The molecule has 0 spiro atoms. The number of carbonyl (C=O) groups excluding carboxylic acids is 1. The van der Waals surface area contributed by atoms with E-state index in [1.54, 1.807) is 4.68 Å². The third-order valence-corrected chi connectivity index (χ3v) is 2.60. The molecule has 1 aromatic heterocycles. The summed E-state index contributed by atoms with van der Waals surface area (Å²) in [5.41, 5.74) is 6.75. The molecule has 1 aromatic carbocycles. The fourth-order valence-corrected chi connectivity index (χ4v) is 1.66. The maximum atomic E-state index is 10.7. The molecule has 0 atom stereocenters. The van der Waals surface area contributed by atoms with Gasteiger partial charge in [0.2, 0.25) is 5.91 Å². The number of amides is 1. The van der Waals surface area contributed by atoms with Crippen molar-refractivity contribution in [1.82, 2.24) is 15.0 Å². The van der Waals surface area contributed by atoms with Crippen LogP contribution in [-0.4, -0.2) is 27.5 Å². The molecule has 20 heavy (non-hydrogen) atoms. The van der Waals surface area contributed by atoms with E-state index in [0.29, 0.717) is 12.3 Å². The fraction of sp³-hybridized carbons (Fsp3) is 0.308. The number of hydrogen-bond acceptors (Lipinski definition) is 5. The van der Waals surface area contributed by atoms with Crippen molar-refractivity contribution in [3.05, 3.63) is 36.2 Å². The van der Waals surface area contributed by atoms with E-state index in [0.717, 1.165) is 11.4 Å². The summed E-state index contributed by atoms with van der Waals surface area (Å²) in [7, 11) is 1.82. The molecule has 0 aliphatic heterocycles. The summed E-state index contributed by atoms with van der Waals surface area (Å²) in [6.07, 6.45) is 2.03. The predicted molar refractivity (Wildman–Crippen MR) is 74.1 cm³/mol. The van der Waals surface area contributed by atoms with E-state index in [1.165, 1.54) is 0 Å². The zero-order valence-corrected chi connectivity index (χ0v) is 11.2. The van der Waals surface area contributed by atoms with E-state index < -0.39 is 0 Å². The van der Waals surface area contributed by atoms with Gasteiger partial charge in [-0.15, -0.1) is 5.10 Å². The summed E-state index contributed by atoms with van der Waals surface area (Å²) in [6, 6.07) is 7.50. The lowest BCUT2D eigenvalue weighted by molar-refractivity contribution is -0.118. The van der Waals surface area contributed by atoms with Crippen molar-refractivity contribution in [2.75, 3.05) is 11.9 Å². The Morgan fingerprint density at radius 2 is 2.25 bits per heavy atom. The van der Waals surface area contributed by atoms with E-state index in [9.17, 15) is 4.79 Å². The quantitative estimate of drug-likeness (QED) is 0.775. The van der Waals surface area contributed by atoms with Crippen LogP contribution in [0.25, 0.3) is 0 Å². The number of para-hydroxylation sites is 2. The Morgan fingerprint density at radius 3 is 2.95 bits per heavy atom. The van der Waals surface area contributed by atoms with Crippen LogP contribution in [0.4, 0.5) is 5.69 Å². The van der Waals surface area contributed by atoms with Gasteiger partial charge in [0, 0.05) is 13.2 Å². The first-order valence-electron chi connectivity index (χ1n) is 6.24. The molecule has 0 bridgehead atoms. The van der Waals surface area contributed by atoms with Gasteiger partial charge in [-0.05, 0) is 12.1 Å². The Bertz CT molecular complexity index is 582. The number of nitrogens with zero attached hydrogens (tertiary/aromatic N) is 3. The summed E-state index contributed by atoms with van der Waals surface area (Å²) >= 11 is 0. The van der Waals surface area contributed by atoms with Gasteiger partial charge in [0.05, 0.1) is 25.3 Å². The molecule has 1 amide bonds. The van der Waals surface area contributed by atoms with Crippen LogP contribution in [0.3, 0.4) is 0 Å². The number of primary amides is 1. The summed E-state index contributed by atoms with van der Waals surface area (Å²) in [6.45, 7) is 0.809. The molecule has 0 radical (unpaired) electrons. The number of hydrogen-bond donors (Lipinski definition) is 2. The number of benzene rings is 1. The van der Waals surface area contributed by atoms with E-state index in [2.05, 4.69) is 15.6 Å². The standard InChI is InChI=1S/C13H17N5O2/c1-18-9-10(16-17-18)8-15-11-4-2-3-5-12(11)20-7-6-13(14)19/h2-5,9,15H,6-8H2,1H3,(H2,14,19). The molecule has 0 fully saturated rings. The van der Waals surface area contributed by atoms with Crippen LogP contribution in [0.15, 0.2) is 30.5 Å². The number of aromatic nitrogens is 3. The number of rotatable bonds is 7. The van der Waals surface area contributed by atoms with Crippen LogP contribution in [0.1, 0.15) is 12.1 Å². The zero-order valence-electron chi connectivity index (χ0n) is 11.2. The average molecular weight is 275 g/mol. The lowest BCUT2D eigenvalue weighted by Crippen LogP contribution is -2.15. The van der Waals surface area contributed by atoms with Crippen molar-refractivity contribution in [3.63, 3.8) is 0 Å². The summed E-state index contributed by atoms with van der Waals surface area (Å²) < 4.78 is 7.18. The molecule has 0 aliphatic carbocycles. The molecule has 7 heteroatoms. The molecule has 7 nitrogen and oxygen atoms in total. The monoisotopic (exact) mass is 275 g/mol. The van der Waals surface area contributed by atoms with Crippen LogP contribution in [0, 0.1) is 0 Å². The van der Waals surface area contributed by atoms with Crippen LogP contribution < -0.4 is 15.8 Å². The number of carbonyl (C=O) groups is 1. The van der Waals surface area contributed by atoms with E-state index in [1.807, 2.05) is 37.5 Å². The van der Waals surface area contributed by atoms with E-state index in [-0.39, 0.29) is 18.9 Å². The highest BCUT2D eigenvalue weighted by Gasteiger charge is 2.05. The zero-order chi connectivity index (χ0) is 14.4. The van der Waals surface area contributed by atoms with Gasteiger partial charge in [0.25, 0.3) is 0 Å². The first-order valence-corrected chi connectivity index (χ1v) is 6.24. The number of aryl methyl sites for hydroxylation is 1. The summed E-state index contributed by atoms with van der Waals surface area (Å²) in [5, 5.41) is 11.1. The molecule has 0 unspecified atom stereocenters. The third kappa shape index (κ3) is 3.98. The molecule has 2 aromatic rings. The third-order valence-electron chi connectivity index (χ3n) is 2.60. The molecule has 0 aliphatic rings. The van der Waals surface area contributed by atoms with Crippen molar-refractivity contribution in [3.8, 4) is 5.75 Å². The normalized spacial score (nSPS) is 10.2. The second-order valence-corrected chi connectivity index (χ2v) is 4.30. The van der Waals surface area contributed by atoms with Gasteiger partial charge in [0.15, 0.2) is 0 Å². The highest BCUT2D eigenvalue weighted by Crippen LogP contribution is 2.24. The Labute approximate surface area is 116 Å². The van der Waals surface area contributed by atoms with Gasteiger partial charge < -0.3 is 15.8 Å². The molecule has 0 saturated carbocycles. The van der Waals surface area contributed by atoms with Gasteiger partial charge in [-0.2, -0.15) is 0 Å². The smallest absolute Gasteiger partial charge is 0.220 e. The Hall–Kier alpha value is -2.57. The van der Waals surface area contributed by atoms with Gasteiger partial charge in [-0.1, -0.05) is 17.3 Å². The molecule has 0 saturated heterocycles. The lowest BCUT2D eigenvalue weighted by Gasteiger charge is -2.11. The van der Waals surface area contributed by atoms with Crippen LogP contribution in [0.5, 0.6) is 5.75 Å². The molecule has 3 N–H and O–H groups in total. The molecule has 2 rings (SSSR count). The number of ether oxygens (including phenoxy) is 1. The van der Waals surface area contributed by atoms with Crippen molar-refractivity contribution in [2.45, 2.75) is 13.0 Å². The van der Waals surface area contributed by atoms with E-state index >= 15 is 0 Å². The first-order chi connectivity index (χ1) is 9.65. The summed E-state index contributed by atoms with van der Waals surface area (Å²) in [5.74, 6) is 0.299. The van der Waals surface area contributed by atoms with E-state index in [4.69, 9.17) is 10.5 Å². The maximum absolute atomic E-state index is 10.7. The lowest BCUT2D eigenvalue weighted by atomic mass is 10.3. The van der Waals surface area contributed by atoms with Crippen LogP contribution in [-0.2, 0) is 18.4 Å². The minimum Gasteiger partial charge on any atom is -0.491 e. The van der Waals surface area contributed by atoms with Crippen LogP contribution >= 0.6 is 0 Å². The number of nitrogens with one attached hydrogen (secondary N) is 1. The first kappa shape index (κ1) is 13.9. The summed E-state index contributed by atoms with van der Waals surface area (Å²) in [4.78, 5) is 10.7. The molecule has 1 heterocycles. The minimum absolute atomic E-state index is 0.193. The topological polar surface area (TPSA) is 95.1 Å². The number of nitrogens with two attached hydrogens (primary N) is 1. The Morgan fingerprint density at radius 1 is 1.45 bits per heavy atom. The molecular weight excluding hydrogens is 258 g/mol. The SMILES string of the molecule is Cn1cc(CNc2ccccc2OCCC(N)=O)nn1. The average Bonchev–Trinajstić information content (AvgIpc) is 2.83. The number of anilines is 1. The highest BCUT2D eigenvalue weighted by molar-refractivity contribution is 5.73. The largest absolute Gasteiger partial charge is 0.491 e. The predicted octanol–water partition coefficient (Wildman–Crippen LogP) is 0.681. The Kier molecular flexibility index (Phi) is 4.54. The fourth-order valence-electron chi connectivity index (χ4n) is 1.66. The maximum Gasteiger partial charge on any atom is 0.220 e. The van der Waals surface area contributed by atoms with Gasteiger partial charge in [-0.25, -0.2) is 0 Å². The second-order valence-electron chi connectivity index (χ2n) is 4.30. The van der Waals surface area contributed by atoms with Crippen molar-refractivity contribution >= 4 is 11.6 Å². The van der Waals surface area contributed by atoms with Gasteiger partial charge in [0.1, 0.15) is 11.4 Å². The Balaban J connectivity index is 1.94. The van der Waals surface area contributed by atoms with Crippen molar-refractivity contribution < 1.29 is 9.53 Å². The van der Waals surface area contributed by atoms with Crippen molar-refractivity contribution in [1.29, 1.82) is 0 Å². The minimum atomic E-state index is -0.380. The van der Waals surface area contributed by atoms with Gasteiger partial charge >= 0.3 is 0 Å². The van der Waals surface area contributed by atoms with Gasteiger partial charge in [-0.3, -0.25) is 9.48 Å².